The highest BCUT2D eigenvalue weighted by Crippen LogP contribution is 2.51. The number of hydrogen-bond acceptors (Lipinski definition) is 4. The average Bonchev–Trinajstić information content (AvgIpc) is 2.88. The van der Waals surface area contributed by atoms with E-state index in [0.29, 0.717) is 40.3 Å². The Morgan fingerprint density at radius 2 is 1.65 bits per heavy atom. The number of aliphatic hydroxyl groups is 1. The summed E-state index contributed by atoms with van der Waals surface area (Å²) in [5.74, 6) is 0.238. The number of carbonyl (C=O) groups excluding carboxylic acids is 1. The van der Waals surface area contributed by atoms with Crippen LogP contribution in [0.1, 0.15) is 43.7 Å². The Morgan fingerprint density at radius 1 is 1.00 bits per heavy atom. The van der Waals surface area contributed by atoms with Gasteiger partial charge in [0.2, 0.25) is 0 Å². The van der Waals surface area contributed by atoms with E-state index in [2.05, 4.69) is 13.8 Å². The van der Waals surface area contributed by atoms with E-state index in [-0.39, 0.29) is 22.8 Å². The number of rotatable bonds is 4. The molecule has 0 aromatic heterocycles. The molecule has 1 heterocycles. The molecule has 1 aliphatic heterocycles. The van der Waals surface area contributed by atoms with Crippen molar-refractivity contribution >= 4 is 34.7 Å². The zero-order valence-corrected chi connectivity index (χ0v) is 21.8. The Bertz CT molecular complexity index is 1420. The van der Waals surface area contributed by atoms with Gasteiger partial charge >= 0.3 is 0 Å². The van der Waals surface area contributed by atoms with E-state index in [1.807, 2.05) is 66.7 Å². The Balaban J connectivity index is 1.83. The van der Waals surface area contributed by atoms with Crippen LogP contribution in [0.25, 0.3) is 5.76 Å². The number of hydrogen-bond donors (Lipinski definition) is 2. The summed E-state index contributed by atoms with van der Waals surface area (Å²) in [5.41, 5.74) is 3.65. The fourth-order valence-electron chi connectivity index (χ4n) is 5.37. The highest BCUT2D eigenvalue weighted by molar-refractivity contribution is 6.30. The van der Waals surface area contributed by atoms with Crippen molar-refractivity contribution in [3.63, 3.8) is 0 Å². The largest absolute Gasteiger partial charge is 0.507 e. The third-order valence-corrected chi connectivity index (χ3v) is 7.31. The van der Waals surface area contributed by atoms with Crippen LogP contribution in [0.15, 0.2) is 95.7 Å². The first kappa shape index (κ1) is 24.8. The van der Waals surface area contributed by atoms with E-state index in [9.17, 15) is 15.3 Å². The SMILES string of the molecule is COc1ccc(C2C3=C(CC(C)(C)CC3=O)N(c3ccc(Cl)cc3)C(=N)/C2=C(/O)c2ccccc2)cc1. The minimum absolute atomic E-state index is 0.0189. The highest BCUT2D eigenvalue weighted by atomic mass is 35.5. The van der Waals surface area contributed by atoms with Gasteiger partial charge < -0.3 is 9.84 Å². The van der Waals surface area contributed by atoms with Gasteiger partial charge in [0.15, 0.2) is 5.78 Å². The number of anilines is 1. The Morgan fingerprint density at radius 3 is 2.27 bits per heavy atom. The standard InChI is InChI=1S/C31H29ClN2O3/c1-31(2)17-24-27(25(35)18-31)26(19-9-15-23(37-3)16-10-19)28(29(36)20-7-5-4-6-8-20)30(33)34(24)22-13-11-21(32)12-14-22/h4-16,26,33,36H,17-18H2,1-3H3/b29-28+,33-30?. The van der Waals surface area contributed by atoms with Crippen molar-refractivity contribution in [1.82, 2.24) is 0 Å². The quantitative estimate of drug-likeness (QED) is 0.354. The zero-order chi connectivity index (χ0) is 26.3. The van der Waals surface area contributed by atoms with Gasteiger partial charge in [-0.05, 0) is 53.8 Å². The first-order valence-corrected chi connectivity index (χ1v) is 12.6. The Labute approximate surface area is 222 Å². The maximum absolute atomic E-state index is 13.9. The van der Waals surface area contributed by atoms with Crippen LogP contribution in [0.5, 0.6) is 5.75 Å². The molecule has 0 saturated carbocycles. The molecule has 3 aromatic rings. The molecule has 0 fully saturated rings. The van der Waals surface area contributed by atoms with Crippen molar-refractivity contribution in [3.05, 3.63) is 112 Å². The summed E-state index contributed by atoms with van der Waals surface area (Å²) in [7, 11) is 1.61. The number of ketones is 1. The van der Waals surface area contributed by atoms with Crippen LogP contribution in [-0.4, -0.2) is 23.8 Å². The minimum atomic E-state index is -0.597. The maximum Gasteiger partial charge on any atom is 0.162 e. The number of halogens is 1. The molecule has 0 bridgehead atoms. The van der Waals surface area contributed by atoms with Crippen LogP contribution in [-0.2, 0) is 4.79 Å². The average molecular weight is 513 g/mol. The van der Waals surface area contributed by atoms with E-state index < -0.39 is 5.92 Å². The molecule has 2 N–H and O–H groups in total. The smallest absolute Gasteiger partial charge is 0.162 e. The normalized spacial score (nSPS) is 20.5. The van der Waals surface area contributed by atoms with E-state index >= 15 is 0 Å². The number of amidine groups is 1. The van der Waals surface area contributed by atoms with Crippen LogP contribution in [0, 0.1) is 10.8 Å². The second kappa shape index (κ2) is 9.56. The van der Waals surface area contributed by atoms with Crippen molar-refractivity contribution in [2.45, 2.75) is 32.6 Å². The summed E-state index contributed by atoms with van der Waals surface area (Å²) in [6.07, 6.45) is 1.00. The molecule has 0 amide bonds. The van der Waals surface area contributed by atoms with Crippen LogP contribution >= 0.6 is 11.6 Å². The molecule has 37 heavy (non-hydrogen) atoms. The lowest BCUT2D eigenvalue weighted by Crippen LogP contribution is -2.45. The fraction of sp³-hybridized carbons (Fsp3) is 0.226. The van der Waals surface area contributed by atoms with Gasteiger partial charge in [-0.1, -0.05) is 67.9 Å². The molecule has 1 aliphatic carbocycles. The summed E-state index contributed by atoms with van der Waals surface area (Å²) >= 11 is 6.18. The van der Waals surface area contributed by atoms with E-state index in [0.717, 1.165) is 16.9 Å². The van der Waals surface area contributed by atoms with E-state index in [1.165, 1.54) is 0 Å². The fourth-order valence-corrected chi connectivity index (χ4v) is 5.50. The number of nitrogens with zero attached hydrogens (tertiary/aromatic N) is 1. The predicted molar refractivity (Wildman–Crippen MR) is 148 cm³/mol. The summed E-state index contributed by atoms with van der Waals surface area (Å²) in [6.45, 7) is 4.15. The molecule has 2 aliphatic rings. The molecular weight excluding hydrogens is 484 g/mol. The van der Waals surface area contributed by atoms with Crippen LogP contribution in [0.3, 0.4) is 0 Å². The number of methoxy groups -OCH3 is 1. The van der Waals surface area contributed by atoms with Gasteiger partial charge in [0.1, 0.15) is 17.3 Å². The third-order valence-electron chi connectivity index (χ3n) is 7.06. The van der Waals surface area contributed by atoms with Crippen LogP contribution in [0.4, 0.5) is 5.69 Å². The number of carbonyl (C=O) groups is 1. The molecule has 1 unspecified atom stereocenters. The topological polar surface area (TPSA) is 73.6 Å². The molecule has 0 saturated heterocycles. The summed E-state index contributed by atoms with van der Waals surface area (Å²) in [4.78, 5) is 15.7. The van der Waals surface area contributed by atoms with Gasteiger partial charge in [0.25, 0.3) is 0 Å². The minimum Gasteiger partial charge on any atom is -0.507 e. The summed E-state index contributed by atoms with van der Waals surface area (Å²) < 4.78 is 5.36. The lowest BCUT2D eigenvalue weighted by atomic mass is 9.67. The zero-order valence-electron chi connectivity index (χ0n) is 21.1. The number of allylic oxidation sites excluding steroid dienone is 2. The van der Waals surface area contributed by atoms with Crippen LogP contribution < -0.4 is 9.64 Å². The molecule has 3 aromatic carbocycles. The lowest BCUT2D eigenvalue weighted by Gasteiger charge is -2.45. The lowest BCUT2D eigenvalue weighted by molar-refractivity contribution is -0.118. The van der Waals surface area contributed by atoms with Crippen molar-refractivity contribution in [3.8, 4) is 5.75 Å². The number of ether oxygens (including phenoxy) is 1. The highest BCUT2D eigenvalue weighted by Gasteiger charge is 2.46. The molecule has 0 spiro atoms. The van der Waals surface area contributed by atoms with E-state index in [1.54, 1.807) is 24.1 Å². The molecule has 0 radical (unpaired) electrons. The van der Waals surface area contributed by atoms with Crippen molar-refractivity contribution in [1.29, 1.82) is 5.41 Å². The number of Topliss-reactive ketones (excluding diaryl/α,β-unsaturated/α-hetero) is 1. The van der Waals surface area contributed by atoms with Gasteiger partial charge in [-0.2, -0.15) is 0 Å². The Hall–Kier alpha value is -3.83. The van der Waals surface area contributed by atoms with Gasteiger partial charge in [-0.3, -0.25) is 15.1 Å². The summed E-state index contributed by atoms with van der Waals surface area (Å²) in [6, 6.07) is 23.9. The molecule has 1 atom stereocenters. The first-order valence-electron chi connectivity index (χ1n) is 12.2. The molecular formula is C31H29ClN2O3. The van der Waals surface area contributed by atoms with Crippen molar-refractivity contribution in [2.24, 2.45) is 5.41 Å². The summed E-state index contributed by atoms with van der Waals surface area (Å²) in [5, 5.41) is 21.7. The molecule has 5 rings (SSSR count). The second-order valence-electron chi connectivity index (χ2n) is 10.3. The Kier molecular flexibility index (Phi) is 6.42. The van der Waals surface area contributed by atoms with Gasteiger partial charge in [0.05, 0.1) is 7.11 Å². The van der Waals surface area contributed by atoms with E-state index in [4.69, 9.17) is 16.3 Å². The molecule has 6 heteroatoms. The van der Waals surface area contributed by atoms with Crippen LogP contribution in [0.2, 0.25) is 5.02 Å². The van der Waals surface area contributed by atoms with Crippen molar-refractivity contribution in [2.75, 3.05) is 12.0 Å². The second-order valence-corrected chi connectivity index (χ2v) is 10.7. The maximum atomic E-state index is 13.9. The number of benzene rings is 3. The third kappa shape index (κ3) is 4.56. The van der Waals surface area contributed by atoms with Crippen molar-refractivity contribution < 1.29 is 14.6 Å². The van der Waals surface area contributed by atoms with Gasteiger partial charge in [0, 0.05) is 45.5 Å². The number of aliphatic hydroxyl groups excluding tert-OH is 1. The first-order chi connectivity index (χ1) is 17.7. The van der Waals surface area contributed by atoms with Gasteiger partial charge in [-0.25, -0.2) is 0 Å². The van der Waals surface area contributed by atoms with Gasteiger partial charge in [-0.15, -0.1) is 0 Å². The molecule has 5 nitrogen and oxygen atoms in total. The molecule has 188 valence electrons. The monoisotopic (exact) mass is 512 g/mol. The number of nitrogens with one attached hydrogen (secondary N) is 1. The predicted octanol–water partition coefficient (Wildman–Crippen LogP) is 7.54.